The van der Waals surface area contributed by atoms with Crippen LogP contribution in [0.2, 0.25) is 0 Å². The highest BCUT2D eigenvalue weighted by Crippen LogP contribution is 2.25. The average Bonchev–Trinajstić information content (AvgIpc) is 2.34. The third-order valence-corrected chi connectivity index (χ3v) is 2.09. The Balaban J connectivity index is 2.40. The van der Waals surface area contributed by atoms with Crippen molar-refractivity contribution in [2.24, 2.45) is 5.73 Å². The van der Waals surface area contributed by atoms with Crippen LogP contribution in [0.3, 0.4) is 0 Å². The lowest BCUT2D eigenvalue weighted by molar-refractivity contribution is 0.0998. The maximum Gasteiger partial charge on any atom is 0.260 e. The summed E-state index contributed by atoms with van der Waals surface area (Å²) in [5, 5.41) is 0. The van der Waals surface area contributed by atoms with E-state index in [-0.39, 0.29) is 23.1 Å². The molecule has 6 nitrogen and oxygen atoms in total. The van der Waals surface area contributed by atoms with Crippen LogP contribution in [-0.2, 0) is 0 Å². The normalized spacial score (nSPS) is 10.1. The molecule has 0 fully saturated rings. The number of hydrogen-bond acceptors (Lipinski definition) is 5. The Morgan fingerprint density at radius 1 is 1.33 bits per heavy atom. The second-order valence-corrected chi connectivity index (χ2v) is 3.34. The number of primary amides is 1. The fourth-order valence-corrected chi connectivity index (χ4v) is 1.30. The molecule has 0 aliphatic heterocycles. The van der Waals surface area contributed by atoms with Crippen molar-refractivity contribution in [2.75, 3.05) is 5.73 Å². The lowest BCUT2D eigenvalue weighted by Gasteiger charge is -2.08. The number of carbonyl (C=O) groups excluding carboxylic acids is 1. The van der Waals surface area contributed by atoms with E-state index >= 15 is 0 Å². The molecule has 0 aliphatic carbocycles. The van der Waals surface area contributed by atoms with Crippen LogP contribution in [0.4, 0.5) is 10.3 Å². The Morgan fingerprint density at radius 3 is 2.78 bits per heavy atom. The predicted molar refractivity (Wildman–Crippen MR) is 61.4 cm³/mol. The van der Waals surface area contributed by atoms with Crippen molar-refractivity contribution >= 4 is 11.9 Å². The lowest BCUT2D eigenvalue weighted by atomic mass is 10.2. The molecule has 0 spiro atoms. The Hall–Kier alpha value is -2.70. The monoisotopic (exact) mass is 248 g/mol. The van der Waals surface area contributed by atoms with Crippen LogP contribution in [0, 0.1) is 5.82 Å². The van der Waals surface area contributed by atoms with E-state index in [0.717, 1.165) is 6.20 Å². The smallest absolute Gasteiger partial charge is 0.260 e. The molecule has 18 heavy (non-hydrogen) atoms. The zero-order valence-corrected chi connectivity index (χ0v) is 9.13. The van der Waals surface area contributed by atoms with Gasteiger partial charge >= 0.3 is 0 Å². The first-order valence-corrected chi connectivity index (χ1v) is 4.92. The second-order valence-electron chi connectivity index (χ2n) is 3.34. The van der Waals surface area contributed by atoms with Gasteiger partial charge in [-0.2, -0.15) is 9.37 Å². The van der Waals surface area contributed by atoms with Crippen LogP contribution in [0.1, 0.15) is 10.4 Å². The summed E-state index contributed by atoms with van der Waals surface area (Å²) >= 11 is 0. The van der Waals surface area contributed by atoms with E-state index in [9.17, 15) is 9.18 Å². The molecule has 2 aromatic rings. The summed E-state index contributed by atoms with van der Waals surface area (Å²) in [4.78, 5) is 18.2. The molecule has 1 aromatic heterocycles. The third kappa shape index (κ3) is 2.34. The summed E-state index contributed by atoms with van der Waals surface area (Å²) in [6.45, 7) is 0. The minimum atomic E-state index is -0.788. The van der Waals surface area contributed by atoms with Gasteiger partial charge < -0.3 is 16.2 Å². The first-order chi connectivity index (χ1) is 8.58. The number of carbonyl (C=O) groups is 1. The van der Waals surface area contributed by atoms with E-state index in [0.29, 0.717) is 0 Å². The number of nitrogen functional groups attached to an aromatic ring is 1. The standard InChI is InChI=1S/C11H9FN4O2/c12-7-5-15-11(14)16-10(7)18-8-4-2-1-3-6(8)9(13)17/h1-5H,(H2,13,17)(H2,14,15,16). The van der Waals surface area contributed by atoms with Crippen molar-refractivity contribution in [3.63, 3.8) is 0 Å². The molecule has 0 saturated heterocycles. The van der Waals surface area contributed by atoms with Gasteiger partial charge in [0.05, 0.1) is 11.8 Å². The molecule has 1 amide bonds. The van der Waals surface area contributed by atoms with Crippen molar-refractivity contribution in [3.05, 3.63) is 41.8 Å². The zero-order valence-electron chi connectivity index (χ0n) is 9.13. The number of nitrogens with zero attached hydrogens (tertiary/aromatic N) is 2. The molecule has 0 unspecified atom stereocenters. The number of halogens is 1. The van der Waals surface area contributed by atoms with Gasteiger partial charge in [-0.15, -0.1) is 0 Å². The number of amides is 1. The summed E-state index contributed by atoms with van der Waals surface area (Å²) in [6.07, 6.45) is 0.880. The van der Waals surface area contributed by atoms with E-state index in [2.05, 4.69) is 9.97 Å². The van der Waals surface area contributed by atoms with E-state index in [1.807, 2.05) is 0 Å². The molecule has 7 heteroatoms. The lowest BCUT2D eigenvalue weighted by Crippen LogP contribution is -2.12. The molecule has 4 N–H and O–H groups in total. The van der Waals surface area contributed by atoms with Gasteiger partial charge in [-0.1, -0.05) is 12.1 Å². The number of nitrogens with two attached hydrogens (primary N) is 2. The molecule has 0 aliphatic rings. The number of para-hydroxylation sites is 1. The van der Waals surface area contributed by atoms with Gasteiger partial charge in [0.2, 0.25) is 11.8 Å². The zero-order chi connectivity index (χ0) is 13.1. The van der Waals surface area contributed by atoms with E-state index < -0.39 is 11.7 Å². The first-order valence-electron chi connectivity index (χ1n) is 4.92. The summed E-state index contributed by atoms with van der Waals surface area (Å²) in [5.74, 6) is -1.88. The van der Waals surface area contributed by atoms with Crippen LogP contribution in [-0.4, -0.2) is 15.9 Å². The van der Waals surface area contributed by atoms with Gasteiger partial charge in [-0.25, -0.2) is 4.98 Å². The number of anilines is 1. The van der Waals surface area contributed by atoms with Crippen LogP contribution in [0.5, 0.6) is 11.6 Å². The van der Waals surface area contributed by atoms with Gasteiger partial charge in [0.25, 0.3) is 11.8 Å². The van der Waals surface area contributed by atoms with Gasteiger partial charge in [-0.3, -0.25) is 4.79 Å². The molecule has 0 atom stereocenters. The largest absolute Gasteiger partial charge is 0.436 e. The number of ether oxygens (including phenoxy) is 1. The highest BCUT2D eigenvalue weighted by Gasteiger charge is 2.13. The molecule has 1 aromatic carbocycles. The van der Waals surface area contributed by atoms with E-state index in [1.54, 1.807) is 12.1 Å². The van der Waals surface area contributed by atoms with Crippen LogP contribution in [0.25, 0.3) is 0 Å². The molecule has 0 radical (unpaired) electrons. The maximum absolute atomic E-state index is 13.4. The van der Waals surface area contributed by atoms with Crippen LogP contribution >= 0.6 is 0 Å². The van der Waals surface area contributed by atoms with Crippen LogP contribution in [0.15, 0.2) is 30.5 Å². The molecule has 0 saturated carbocycles. The fourth-order valence-electron chi connectivity index (χ4n) is 1.30. The Morgan fingerprint density at radius 2 is 2.06 bits per heavy atom. The maximum atomic E-state index is 13.4. The van der Waals surface area contributed by atoms with Crippen molar-refractivity contribution in [2.45, 2.75) is 0 Å². The van der Waals surface area contributed by atoms with Crippen molar-refractivity contribution < 1.29 is 13.9 Å². The topological polar surface area (TPSA) is 104 Å². The minimum absolute atomic E-state index is 0.0991. The van der Waals surface area contributed by atoms with Gasteiger partial charge in [0.1, 0.15) is 5.75 Å². The fraction of sp³-hybridized carbons (Fsp3) is 0. The van der Waals surface area contributed by atoms with Crippen LogP contribution < -0.4 is 16.2 Å². The summed E-state index contributed by atoms with van der Waals surface area (Å²) < 4.78 is 18.5. The van der Waals surface area contributed by atoms with Crippen molar-refractivity contribution in [3.8, 4) is 11.6 Å². The Bertz CT molecular complexity index is 603. The third-order valence-electron chi connectivity index (χ3n) is 2.09. The highest BCUT2D eigenvalue weighted by atomic mass is 19.1. The van der Waals surface area contributed by atoms with Gasteiger partial charge in [-0.05, 0) is 12.1 Å². The minimum Gasteiger partial charge on any atom is -0.436 e. The Labute approximate surface area is 101 Å². The molecule has 92 valence electrons. The summed E-state index contributed by atoms with van der Waals surface area (Å²) in [5.41, 5.74) is 10.6. The molecule has 0 bridgehead atoms. The summed E-state index contributed by atoms with van der Waals surface area (Å²) in [6, 6.07) is 6.15. The average molecular weight is 248 g/mol. The molecule has 1 heterocycles. The number of benzene rings is 1. The van der Waals surface area contributed by atoms with Crippen molar-refractivity contribution in [1.82, 2.24) is 9.97 Å². The van der Waals surface area contributed by atoms with Crippen molar-refractivity contribution in [1.29, 1.82) is 0 Å². The van der Waals surface area contributed by atoms with Gasteiger partial charge in [0, 0.05) is 0 Å². The predicted octanol–water partition coefficient (Wildman–Crippen LogP) is 1.09. The van der Waals surface area contributed by atoms with E-state index in [4.69, 9.17) is 16.2 Å². The molecular weight excluding hydrogens is 239 g/mol. The van der Waals surface area contributed by atoms with Gasteiger partial charge in [0.15, 0.2) is 0 Å². The SMILES string of the molecule is NC(=O)c1ccccc1Oc1nc(N)ncc1F. The molecular formula is C11H9FN4O2. The second kappa shape index (κ2) is 4.66. The number of rotatable bonds is 3. The Kier molecular flexibility index (Phi) is 3.05. The van der Waals surface area contributed by atoms with E-state index in [1.165, 1.54) is 12.1 Å². The quantitative estimate of drug-likeness (QED) is 0.845. The summed E-state index contributed by atoms with van der Waals surface area (Å²) in [7, 11) is 0. The molecule has 2 rings (SSSR count). The number of aromatic nitrogens is 2. The first kappa shape index (κ1) is 11.8. The highest BCUT2D eigenvalue weighted by molar-refractivity contribution is 5.95. The number of hydrogen-bond donors (Lipinski definition) is 2.